The minimum Gasteiger partial charge on any atom is -0.497 e. The highest BCUT2D eigenvalue weighted by atomic mass is 16.5. The van der Waals surface area contributed by atoms with Gasteiger partial charge in [-0.3, -0.25) is 0 Å². The third-order valence-electron chi connectivity index (χ3n) is 1.52. The summed E-state index contributed by atoms with van der Waals surface area (Å²) in [5.74, 6) is 0.894. The van der Waals surface area contributed by atoms with Crippen LogP contribution in [0.25, 0.3) is 0 Å². The number of methoxy groups -OCH3 is 1. The summed E-state index contributed by atoms with van der Waals surface area (Å²) in [6.07, 6.45) is 2.06. The fraction of sp³-hybridized carbons (Fsp3) is 0.300. The van der Waals surface area contributed by atoms with Gasteiger partial charge in [-0.2, -0.15) is 0 Å². The quantitative estimate of drug-likeness (QED) is 0.475. The second-order valence-electron chi connectivity index (χ2n) is 2.87. The van der Waals surface area contributed by atoms with Crippen molar-refractivity contribution in [2.45, 2.75) is 0 Å². The first-order chi connectivity index (χ1) is 5.72. The molecule has 0 saturated carbocycles. The summed E-state index contributed by atoms with van der Waals surface area (Å²) in [4.78, 5) is 0. The van der Waals surface area contributed by atoms with E-state index in [9.17, 15) is 0 Å². The summed E-state index contributed by atoms with van der Waals surface area (Å²) in [5.41, 5.74) is 1.18. The van der Waals surface area contributed by atoms with Crippen LogP contribution in [-0.4, -0.2) is 32.0 Å². The van der Waals surface area contributed by atoms with Crippen LogP contribution in [0.3, 0.4) is 0 Å². The second-order valence-corrected chi connectivity index (χ2v) is 2.87. The van der Waals surface area contributed by atoms with Gasteiger partial charge in [-0.25, -0.2) is 4.58 Å². The molecule has 0 aliphatic carbocycles. The van der Waals surface area contributed by atoms with Gasteiger partial charge in [0.25, 0.3) is 0 Å². The first-order valence-corrected chi connectivity index (χ1v) is 3.88. The first-order valence-electron chi connectivity index (χ1n) is 3.88. The molecule has 2 heteroatoms. The number of hydrogen-bond acceptors (Lipinski definition) is 1. The van der Waals surface area contributed by atoms with Crippen LogP contribution in [0.5, 0.6) is 5.75 Å². The first kappa shape index (κ1) is 8.78. The van der Waals surface area contributed by atoms with E-state index in [1.807, 2.05) is 42.9 Å². The lowest BCUT2D eigenvalue weighted by Gasteiger charge is -1.97. The summed E-state index contributed by atoms with van der Waals surface area (Å²) in [6, 6.07) is 7.96. The highest BCUT2D eigenvalue weighted by Crippen LogP contribution is 2.09. The normalized spacial score (nSPS) is 9.25. The molecule has 1 rings (SSSR count). The fourth-order valence-corrected chi connectivity index (χ4v) is 0.988. The molecule has 0 aliphatic rings. The molecule has 0 aromatic heterocycles. The molecule has 0 aliphatic heterocycles. The molecular formula is C10H14NO+. The van der Waals surface area contributed by atoms with E-state index in [0.29, 0.717) is 0 Å². The van der Waals surface area contributed by atoms with Crippen LogP contribution >= 0.6 is 0 Å². The van der Waals surface area contributed by atoms with Gasteiger partial charge in [0.15, 0.2) is 6.21 Å². The molecule has 0 radical (unpaired) electrons. The summed E-state index contributed by atoms with van der Waals surface area (Å²) >= 11 is 0. The highest BCUT2D eigenvalue weighted by molar-refractivity contribution is 5.75. The molecule has 0 unspecified atom stereocenters. The summed E-state index contributed by atoms with van der Waals surface area (Å²) in [5, 5.41) is 0. The van der Waals surface area contributed by atoms with E-state index >= 15 is 0 Å². The van der Waals surface area contributed by atoms with Gasteiger partial charge in [0.1, 0.15) is 19.8 Å². The molecule has 12 heavy (non-hydrogen) atoms. The Morgan fingerprint density at radius 1 is 1.17 bits per heavy atom. The predicted octanol–water partition coefficient (Wildman–Crippen LogP) is 1.39. The molecular weight excluding hydrogens is 150 g/mol. The second kappa shape index (κ2) is 3.90. The van der Waals surface area contributed by atoms with E-state index < -0.39 is 0 Å². The lowest BCUT2D eigenvalue weighted by molar-refractivity contribution is -0.458. The minimum atomic E-state index is 0.894. The van der Waals surface area contributed by atoms with Crippen LogP contribution in [0.4, 0.5) is 0 Å². The standard InChI is InChI=1S/C10H14NO/c1-11(2)8-9-4-6-10(12-3)7-5-9/h4-8H,1-3H3/q+1. The van der Waals surface area contributed by atoms with Crippen molar-refractivity contribution >= 4 is 6.21 Å². The van der Waals surface area contributed by atoms with Crippen molar-refractivity contribution in [3.63, 3.8) is 0 Å². The van der Waals surface area contributed by atoms with Crippen LogP contribution in [-0.2, 0) is 0 Å². The number of hydrogen-bond donors (Lipinski definition) is 0. The van der Waals surface area contributed by atoms with Crippen molar-refractivity contribution in [2.75, 3.05) is 21.2 Å². The smallest absolute Gasteiger partial charge is 0.170 e. The number of nitrogens with zero attached hydrogens (tertiary/aromatic N) is 1. The molecule has 0 heterocycles. The van der Waals surface area contributed by atoms with Crippen LogP contribution in [0.15, 0.2) is 24.3 Å². The Morgan fingerprint density at radius 2 is 1.75 bits per heavy atom. The van der Waals surface area contributed by atoms with Crippen molar-refractivity contribution in [2.24, 2.45) is 0 Å². The third-order valence-corrected chi connectivity index (χ3v) is 1.52. The molecule has 0 bridgehead atoms. The zero-order chi connectivity index (χ0) is 8.97. The Hall–Kier alpha value is -1.31. The van der Waals surface area contributed by atoms with Crippen molar-refractivity contribution in [1.29, 1.82) is 0 Å². The molecule has 2 nitrogen and oxygen atoms in total. The van der Waals surface area contributed by atoms with Crippen molar-refractivity contribution in [1.82, 2.24) is 0 Å². The Morgan fingerprint density at radius 3 is 2.17 bits per heavy atom. The van der Waals surface area contributed by atoms with Crippen molar-refractivity contribution in [3.05, 3.63) is 29.8 Å². The van der Waals surface area contributed by atoms with Gasteiger partial charge >= 0.3 is 0 Å². The zero-order valence-electron chi connectivity index (χ0n) is 7.74. The Balaban J connectivity index is 2.85. The SMILES string of the molecule is COc1ccc(C=[N+](C)C)cc1. The molecule has 0 spiro atoms. The van der Waals surface area contributed by atoms with Crippen molar-refractivity contribution < 1.29 is 9.31 Å². The Labute approximate surface area is 73.1 Å². The zero-order valence-corrected chi connectivity index (χ0v) is 7.74. The van der Waals surface area contributed by atoms with E-state index in [2.05, 4.69) is 6.21 Å². The summed E-state index contributed by atoms with van der Waals surface area (Å²) < 4.78 is 7.06. The Bertz CT molecular complexity index is 270. The Kier molecular flexibility index (Phi) is 2.86. The fourth-order valence-electron chi connectivity index (χ4n) is 0.988. The number of benzene rings is 1. The van der Waals surface area contributed by atoms with Crippen LogP contribution in [0.2, 0.25) is 0 Å². The highest BCUT2D eigenvalue weighted by Gasteiger charge is 1.93. The number of rotatable bonds is 2. The van der Waals surface area contributed by atoms with E-state index in [1.54, 1.807) is 7.11 Å². The minimum absolute atomic E-state index is 0.894. The largest absolute Gasteiger partial charge is 0.497 e. The molecule has 0 N–H and O–H groups in total. The van der Waals surface area contributed by atoms with Gasteiger partial charge in [0.2, 0.25) is 0 Å². The molecule has 0 atom stereocenters. The van der Waals surface area contributed by atoms with E-state index in [4.69, 9.17) is 4.74 Å². The average molecular weight is 164 g/mol. The van der Waals surface area contributed by atoms with Crippen molar-refractivity contribution in [3.8, 4) is 5.75 Å². The molecule has 0 amide bonds. The maximum absolute atomic E-state index is 5.05. The predicted molar refractivity (Wildman–Crippen MR) is 50.3 cm³/mol. The van der Waals surface area contributed by atoms with Crippen LogP contribution in [0, 0.1) is 0 Å². The van der Waals surface area contributed by atoms with Gasteiger partial charge in [0.05, 0.1) is 7.11 Å². The average Bonchev–Trinajstić information content (AvgIpc) is 2.05. The van der Waals surface area contributed by atoms with Gasteiger partial charge in [-0.1, -0.05) is 0 Å². The topological polar surface area (TPSA) is 12.2 Å². The lowest BCUT2D eigenvalue weighted by atomic mass is 10.2. The van der Waals surface area contributed by atoms with E-state index in [-0.39, 0.29) is 0 Å². The van der Waals surface area contributed by atoms with Crippen LogP contribution in [0.1, 0.15) is 5.56 Å². The molecule has 1 aromatic carbocycles. The van der Waals surface area contributed by atoms with Gasteiger partial charge < -0.3 is 4.74 Å². The summed E-state index contributed by atoms with van der Waals surface area (Å²) in [6.45, 7) is 0. The van der Waals surface area contributed by atoms with Gasteiger partial charge in [0, 0.05) is 5.56 Å². The van der Waals surface area contributed by atoms with E-state index in [1.165, 1.54) is 5.56 Å². The molecule has 0 fully saturated rings. The van der Waals surface area contributed by atoms with E-state index in [0.717, 1.165) is 5.75 Å². The third kappa shape index (κ3) is 2.38. The number of ether oxygens (including phenoxy) is 1. The van der Waals surface area contributed by atoms with Crippen LogP contribution < -0.4 is 4.74 Å². The summed E-state index contributed by atoms with van der Waals surface area (Å²) in [7, 11) is 5.68. The molecule has 1 aromatic rings. The molecule has 0 saturated heterocycles. The van der Waals surface area contributed by atoms with Gasteiger partial charge in [-0.05, 0) is 24.3 Å². The lowest BCUT2D eigenvalue weighted by Crippen LogP contribution is -1.99. The maximum Gasteiger partial charge on any atom is 0.170 e. The monoisotopic (exact) mass is 164 g/mol. The molecule has 64 valence electrons. The maximum atomic E-state index is 5.05. The van der Waals surface area contributed by atoms with Gasteiger partial charge in [-0.15, -0.1) is 0 Å².